The quantitative estimate of drug-likeness (QED) is 0.756. The summed E-state index contributed by atoms with van der Waals surface area (Å²) in [6.07, 6.45) is 0.948. The maximum absolute atomic E-state index is 11.7. The van der Waals surface area contributed by atoms with Crippen LogP contribution in [0.15, 0.2) is 0 Å². The lowest BCUT2D eigenvalue weighted by atomic mass is 9.89. The summed E-state index contributed by atoms with van der Waals surface area (Å²) in [6.45, 7) is 6.46. The molecule has 2 N–H and O–H groups in total. The molecule has 1 aliphatic heterocycles. The average molecular weight is 243 g/mol. The molecular weight excluding hydrogens is 222 g/mol. The van der Waals surface area contributed by atoms with Crippen LogP contribution in [0.2, 0.25) is 0 Å². The molecule has 0 aromatic rings. The zero-order chi connectivity index (χ0) is 13.1. The van der Waals surface area contributed by atoms with Crippen molar-refractivity contribution in [1.29, 1.82) is 0 Å². The summed E-state index contributed by atoms with van der Waals surface area (Å²) < 4.78 is 5.25. The van der Waals surface area contributed by atoms with E-state index in [9.17, 15) is 9.59 Å². The second kappa shape index (κ2) is 5.49. The minimum Gasteiger partial charge on any atom is -0.481 e. The maximum Gasteiger partial charge on any atom is 0.309 e. The molecule has 0 radical (unpaired) electrons. The lowest BCUT2D eigenvalue weighted by Gasteiger charge is -2.23. The van der Waals surface area contributed by atoms with Crippen LogP contribution in [0.1, 0.15) is 33.6 Å². The Morgan fingerprint density at radius 1 is 1.53 bits per heavy atom. The summed E-state index contributed by atoms with van der Waals surface area (Å²) in [5.74, 6) is -0.826. The van der Waals surface area contributed by atoms with Gasteiger partial charge in [0.15, 0.2) is 0 Å². The molecule has 0 aromatic carbocycles. The van der Waals surface area contributed by atoms with Gasteiger partial charge in [0, 0.05) is 25.0 Å². The van der Waals surface area contributed by atoms with Gasteiger partial charge in [0.1, 0.15) is 0 Å². The Bertz CT molecular complexity index is 295. The SMILES string of the molecule is CC(NC(=O)CC(C)(C)C(=O)O)C1CCOC1. The van der Waals surface area contributed by atoms with E-state index in [-0.39, 0.29) is 18.4 Å². The van der Waals surface area contributed by atoms with Crippen LogP contribution < -0.4 is 5.32 Å². The average Bonchev–Trinajstić information content (AvgIpc) is 2.68. The lowest BCUT2D eigenvalue weighted by Crippen LogP contribution is -2.41. The summed E-state index contributed by atoms with van der Waals surface area (Å²) in [5, 5.41) is 11.8. The molecule has 1 amide bonds. The van der Waals surface area contributed by atoms with Crippen LogP contribution in [0.5, 0.6) is 0 Å². The first-order valence-electron chi connectivity index (χ1n) is 5.93. The summed E-state index contributed by atoms with van der Waals surface area (Å²) in [7, 11) is 0. The van der Waals surface area contributed by atoms with Gasteiger partial charge in [-0.3, -0.25) is 9.59 Å². The van der Waals surface area contributed by atoms with Crippen molar-refractivity contribution in [2.45, 2.75) is 39.7 Å². The molecule has 1 saturated heterocycles. The molecular formula is C12H21NO4. The number of carboxylic acid groups (broad SMARTS) is 1. The minimum atomic E-state index is -1.02. The number of amides is 1. The lowest BCUT2D eigenvalue weighted by molar-refractivity contribution is -0.149. The second-order valence-electron chi connectivity index (χ2n) is 5.35. The molecule has 1 fully saturated rings. The van der Waals surface area contributed by atoms with Gasteiger partial charge in [-0.15, -0.1) is 0 Å². The molecule has 0 spiro atoms. The largest absolute Gasteiger partial charge is 0.481 e. The topological polar surface area (TPSA) is 75.6 Å². The van der Waals surface area contributed by atoms with E-state index in [0.717, 1.165) is 13.0 Å². The van der Waals surface area contributed by atoms with Crippen molar-refractivity contribution in [1.82, 2.24) is 5.32 Å². The molecule has 5 heteroatoms. The Labute approximate surface area is 102 Å². The van der Waals surface area contributed by atoms with Crippen LogP contribution in [0.4, 0.5) is 0 Å². The Balaban J connectivity index is 2.41. The van der Waals surface area contributed by atoms with Gasteiger partial charge in [-0.2, -0.15) is 0 Å². The minimum absolute atomic E-state index is 0.000248. The zero-order valence-corrected chi connectivity index (χ0v) is 10.7. The Kier molecular flexibility index (Phi) is 4.51. The highest BCUT2D eigenvalue weighted by Crippen LogP contribution is 2.21. The highest BCUT2D eigenvalue weighted by molar-refractivity contribution is 5.84. The van der Waals surface area contributed by atoms with Crippen LogP contribution in [0, 0.1) is 11.3 Å². The number of aliphatic carboxylic acids is 1. The number of rotatable bonds is 5. The van der Waals surface area contributed by atoms with E-state index in [1.807, 2.05) is 6.92 Å². The molecule has 17 heavy (non-hydrogen) atoms. The monoisotopic (exact) mass is 243 g/mol. The number of hydrogen-bond donors (Lipinski definition) is 2. The standard InChI is InChI=1S/C12H21NO4/c1-8(9-4-5-17-7-9)13-10(14)6-12(2,3)11(15)16/h8-9H,4-7H2,1-3H3,(H,13,14)(H,15,16). The summed E-state index contributed by atoms with van der Waals surface area (Å²) in [6, 6.07) is 0.0367. The van der Waals surface area contributed by atoms with Crippen molar-refractivity contribution in [3.05, 3.63) is 0 Å². The van der Waals surface area contributed by atoms with Gasteiger partial charge >= 0.3 is 5.97 Å². The molecule has 1 heterocycles. The second-order valence-corrected chi connectivity index (χ2v) is 5.35. The Morgan fingerprint density at radius 3 is 2.65 bits per heavy atom. The zero-order valence-electron chi connectivity index (χ0n) is 10.7. The van der Waals surface area contributed by atoms with E-state index in [2.05, 4.69) is 5.32 Å². The highest BCUT2D eigenvalue weighted by atomic mass is 16.5. The molecule has 1 aliphatic rings. The van der Waals surface area contributed by atoms with Crippen molar-refractivity contribution in [3.63, 3.8) is 0 Å². The molecule has 5 nitrogen and oxygen atoms in total. The fourth-order valence-electron chi connectivity index (χ4n) is 1.85. The first-order valence-corrected chi connectivity index (χ1v) is 5.93. The van der Waals surface area contributed by atoms with E-state index in [4.69, 9.17) is 9.84 Å². The third-order valence-electron chi connectivity index (χ3n) is 3.24. The fourth-order valence-corrected chi connectivity index (χ4v) is 1.85. The van der Waals surface area contributed by atoms with E-state index in [1.165, 1.54) is 0 Å². The van der Waals surface area contributed by atoms with Crippen molar-refractivity contribution in [2.24, 2.45) is 11.3 Å². The first kappa shape index (κ1) is 14.0. The van der Waals surface area contributed by atoms with Crippen molar-refractivity contribution in [3.8, 4) is 0 Å². The molecule has 0 saturated carbocycles. The van der Waals surface area contributed by atoms with Crippen LogP contribution in [0.25, 0.3) is 0 Å². The van der Waals surface area contributed by atoms with Crippen LogP contribution in [0.3, 0.4) is 0 Å². The highest BCUT2D eigenvalue weighted by Gasteiger charge is 2.31. The molecule has 1 rings (SSSR count). The number of carbonyl (C=O) groups excluding carboxylic acids is 1. The smallest absolute Gasteiger partial charge is 0.309 e. The van der Waals surface area contributed by atoms with Gasteiger partial charge in [0.25, 0.3) is 0 Å². The van der Waals surface area contributed by atoms with E-state index in [0.29, 0.717) is 12.5 Å². The number of hydrogen-bond acceptors (Lipinski definition) is 3. The number of carbonyl (C=O) groups is 2. The maximum atomic E-state index is 11.7. The van der Waals surface area contributed by atoms with Crippen molar-refractivity contribution >= 4 is 11.9 Å². The summed E-state index contributed by atoms with van der Waals surface area (Å²) in [4.78, 5) is 22.6. The predicted molar refractivity (Wildman–Crippen MR) is 62.6 cm³/mol. The Morgan fingerprint density at radius 2 is 2.18 bits per heavy atom. The molecule has 0 aromatic heterocycles. The molecule has 0 aliphatic carbocycles. The Hall–Kier alpha value is -1.10. The summed E-state index contributed by atoms with van der Waals surface area (Å²) in [5.41, 5.74) is -1.02. The predicted octanol–water partition coefficient (Wildman–Crippen LogP) is 1.03. The van der Waals surface area contributed by atoms with E-state index < -0.39 is 11.4 Å². The normalized spacial score (nSPS) is 22.2. The van der Waals surface area contributed by atoms with Crippen LogP contribution in [-0.4, -0.2) is 36.2 Å². The van der Waals surface area contributed by atoms with Gasteiger partial charge in [-0.05, 0) is 27.2 Å². The van der Waals surface area contributed by atoms with Gasteiger partial charge < -0.3 is 15.2 Å². The van der Waals surface area contributed by atoms with Crippen molar-refractivity contribution in [2.75, 3.05) is 13.2 Å². The van der Waals surface area contributed by atoms with Gasteiger partial charge in [0.05, 0.1) is 12.0 Å². The number of ether oxygens (including phenoxy) is 1. The summed E-state index contributed by atoms with van der Waals surface area (Å²) >= 11 is 0. The molecule has 2 atom stereocenters. The fraction of sp³-hybridized carbons (Fsp3) is 0.833. The van der Waals surface area contributed by atoms with Crippen LogP contribution >= 0.6 is 0 Å². The van der Waals surface area contributed by atoms with Gasteiger partial charge in [-0.25, -0.2) is 0 Å². The van der Waals surface area contributed by atoms with E-state index >= 15 is 0 Å². The first-order chi connectivity index (χ1) is 7.83. The third-order valence-corrected chi connectivity index (χ3v) is 3.24. The molecule has 98 valence electrons. The van der Waals surface area contributed by atoms with Gasteiger partial charge in [0.2, 0.25) is 5.91 Å². The van der Waals surface area contributed by atoms with Crippen molar-refractivity contribution < 1.29 is 19.4 Å². The van der Waals surface area contributed by atoms with Crippen LogP contribution in [-0.2, 0) is 14.3 Å². The number of carboxylic acids is 1. The van der Waals surface area contributed by atoms with E-state index in [1.54, 1.807) is 13.8 Å². The molecule has 0 bridgehead atoms. The number of nitrogens with one attached hydrogen (secondary N) is 1. The molecule has 2 unspecified atom stereocenters. The van der Waals surface area contributed by atoms with Gasteiger partial charge in [-0.1, -0.05) is 0 Å². The third kappa shape index (κ3) is 4.00.